The van der Waals surface area contributed by atoms with Gasteiger partial charge in [-0.3, -0.25) is 9.59 Å². The molecule has 0 aliphatic rings. The number of aromatic nitrogens is 4. The first-order valence-corrected chi connectivity index (χ1v) is 7.63. The highest BCUT2D eigenvalue weighted by Gasteiger charge is 2.18. The summed E-state index contributed by atoms with van der Waals surface area (Å²) in [6, 6.07) is 10.8. The van der Waals surface area contributed by atoms with Crippen LogP contribution in [-0.4, -0.2) is 32.6 Å². The van der Waals surface area contributed by atoms with Crippen molar-refractivity contribution in [3.63, 3.8) is 0 Å². The number of methoxy groups -OCH3 is 1. The van der Waals surface area contributed by atoms with Crippen LogP contribution in [0, 0.1) is 0 Å². The third kappa shape index (κ3) is 3.57. The molecule has 3 rings (SSSR count). The fourth-order valence-electron chi connectivity index (χ4n) is 2.28. The van der Waals surface area contributed by atoms with Gasteiger partial charge in [0.1, 0.15) is 11.8 Å². The van der Waals surface area contributed by atoms with Gasteiger partial charge in [-0.2, -0.15) is 5.10 Å². The van der Waals surface area contributed by atoms with Crippen LogP contribution in [0.4, 0.5) is 5.69 Å². The van der Waals surface area contributed by atoms with E-state index in [1.54, 1.807) is 62.8 Å². The molecule has 1 amide bonds. The number of rotatable bonds is 5. The minimum absolute atomic E-state index is 0.361. The van der Waals surface area contributed by atoms with Crippen LogP contribution in [0.3, 0.4) is 0 Å². The predicted octanol–water partition coefficient (Wildman–Crippen LogP) is 1.64. The summed E-state index contributed by atoms with van der Waals surface area (Å²) in [5, 5.41) is 11.1. The maximum Gasteiger partial charge on any atom is 0.267 e. The van der Waals surface area contributed by atoms with Crippen LogP contribution in [0.1, 0.15) is 13.0 Å². The Kier molecular flexibility index (Phi) is 4.60. The van der Waals surface area contributed by atoms with E-state index in [4.69, 9.17) is 4.74 Å². The molecule has 128 valence electrons. The van der Waals surface area contributed by atoms with E-state index >= 15 is 0 Å². The highest BCUT2D eigenvalue weighted by atomic mass is 16.5. The van der Waals surface area contributed by atoms with Gasteiger partial charge in [-0.15, -0.1) is 5.10 Å². The number of carbonyl (C=O) groups is 1. The van der Waals surface area contributed by atoms with Gasteiger partial charge in [0.2, 0.25) is 5.91 Å². The molecule has 0 spiro atoms. The fraction of sp³-hybridized carbons (Fsp3) is 0.176. The van der Waals surface area contributed by atoms with Gasteiger partial charge in [-0.1, -0.05) is 6.07 Å². The molecule has 0 fully saturated rings. The molecular formula is C17H17N5O3. The number of hydrogen-bond acceptors (Lipinski definition) is 5. The van der Waals surface area contributed by atoms with Crippen molar-refractivity contribution in [1.82, 2.24) is 19.6 Å². The third-order valence-corrected chi connectivity index (χ3v) is 3.63. The molecule has 2 aromatic heterocycles. The number of amides is 1. The average Bonchev–Trinajstić information content (AvgIpc) is 3.16. The highest BCUT2D eigenvalue weighted by Crippen LogP contribution is 2.18. The number of hydrogen-bond donors (Lipinski definition) is 1. The van der Waals surface area contributed by atoms with Gasteiger partial charge in [0.15, 0.2) is 5.82 Å². The van der Waals surface area contributed by atoms with Crippen molar-refractivity contribution in [2.45, 2.75) is 13.0 Å². The monoisotopic (exact) mass is 339 g/mol. The van der Waals surface area contributed by atoms with E-state index in [0.29, 0.717) is 17.3 Å². The van der Waals surface area contributed by atoms with E-state index in [2.05, 4.69) is 15.5 Å². The Morgan fingerprint density at radius 2 is 2.08 bits per heavy atom. The predicted molar refractivity (Wildman–Crippen MR) is 92.0 cm³/mol. The molecule has 25 heavy (non-hydrogen) atoms. The van der Waals surface area contributed by atoms with Crippen molar-refractivity contribution in [2.75, 3.05) is 12.4 Å². The second kappa shape index (κ2) is 7.00. The largest absolute Gasteiger partial charge is 0.497 e. The van der Waals surface area contributed by atoms with Crippen LogP contribution in [0.15, 0.2) is 59.7 Å². The summed E-state index contributed by atoms with van der Waals surface area (Å²) >= 11 is 0. The van der Waals surface area contributed by atoms with Crippen LogP contribution in [-0.2, 0) is 4.79 Å². The molecule has 1 aromatic carbocycles. The normalized spacial score (nSPS) is 11.8. The van der Waals surface area contributed by atoms with Crippen LogP contribution in [0.5, 0.6) is 5.75 Å². The Morgan fingerprint density at radius 3 is 2.80 bits per heavy atom. The molecule has 0 saturated carbocycles. The molecule has 0 radical (unpaired) electrons. The van der Waals surface area contributed by atoms with Crippen molar-refractivity contribution in [3.05, 3.63) is 65.2 Å². The van der Waals surface area contributed by atoms with Gasteiger partial charge < -0.3 is 10.1 Å². The molecule has 1 N–H and O–H groups in total. The Hall–Kier alpha value is -3.42. The summed E-state index contributed by atoms with van der Waals surface area (Å²) < 4.78 is 7.78. The summed E-state index contributed by atoms with van der Waals surface area (Å²) in [7, 11) is 1.55. The van der Waals surface area contributed by atoms with E-state index in [-0.39, 0.29) is 11.5 Å². The summed E-state index contributed by atoms with van der Waals surface area (Å²) in [5.41, 5.74) is 0.205. The molecule has 0 bridgehead atoms. The van der Waals surface area contributed by atoms with Crippen molar-refractivity contribution in [1.29, 1.82) is 0 Å². The Labute approximate surface area is 143 Å². The Bertz CT molecular complexity index is 933. The van der Waals surface area contributed by atoms with Gasteiger partial charge in [0.05, 0.1) is 7.11 Å². The molecule has 1 unspecified atom stereocenters. The molecule has 3 aromatic rings. The Balaban J connectivity index is 1.84. The molecule has 1 atom stereocenters. The van der Waals surface area contributed by atoms with Crippen LogP contribution in [0.2, 0.25) is 0 Å². The van der Waals surface area contributed by atoms with Crippen LogP contribution < -0.4 is 15.6 Å². The average molecular weight is 339 g/mol. The second-order valence-electron chi connectivity index (χ2n) is 5.32. The maximum atomic E-state index is 12.5. The number of ether oxygens (including phenoxy) is 1. The minimum Gasteiger partial charge on any atom is -0.497 e. The number of nitrogens with one attached hydrogen (secondary N) is 1. The fourth-order valence-corrected chi connectivity index (χ4v) is 2.28. The maximum absolute atomic E-state index is 12.5. The summed E-state index contributed by atoms with van der Waals surface area (Å²) in [6.07, 6.45) is 3.31. The lowest BCUT2D eigenvalue weighted by atomic mass is 10.2. The minimum atomic E-state index is -0.797. The van der Waals surface area contributed by atoms with Gasteiger partial charge in [0, 0.05) is 30.2 Å². The zero-order valence-corrected chi connectivity index (χ0v) is 13.8. The lowest BCUT2D eigenvalue weighted by molar-refractivity contribution is -0.119. The summed E-state index contributed by atoms with van der Waals surface area (Å²) in [4.78, 5) is 24.6. The second-order valence-corrected chi connectivity index (χ2v) is 5.32. The molecule has 0 aliphatic heterocycles. The quantitative estimate of drug-likeness (QED) is 0.763. The smallest absolute Gasteiger partial charge is 0.267 e. The highest BCUT2D eigenvalue weighted by molar-refractivity contribution is 5.93. The first kappa shape index (κ1) is 16.4. The van der Waals surface area contributed by atoms with Crippen molar-refractivity contribution in [2.24, 2.45) is 0 Å². The molecule has 8 heteroatoms. The molecule has 0 saturated heterocycles. The number of anilines is 1. The lowest BCUT2D eigenvalue weighted by Gasteiger charge is -2.15. The van der Waals surface area contributed by atoms with Crippen LogP contribution >= 0.6 is 0 Å². The summed E-state index contributed by atoms with van der Waals surface area (Å²) in [6.45, 7) is 1.61. The SMILES string of the molecule is COc1cccc(NC(=O)C(C)n2nc(-n3cccn3)ccc2=O)c1. The molecular weight excluding hydrogens is 322 g/mol. The summed E-state index contributed by atoms with van der Waals surface area (Å²) in [5.74, 6) is 0.715. The zero-order chi connectivity index (χ0) is 17.8. The number of benzene rings is 1. The van der Waals surface area contributed by atoms with Gasteiger partial charge in [0.25, 0.3) is 5.56 Å². The lowest BCUT2D eigenvalue weighted by Crippen LogP contribution is -2.33. The van der Waals surface area contributed by atoms with E-state index in [1.165, 1.54) is 10.7 Å². The van der Waals surface area contributed by atoms with Gasteiger partial charge >= 0.3 is 0 Å². The third-order valence-electron chi connectivity index (χ3n) is 3.63. The number of nitrogens with zero attached hydrogens (tertiary/aromatic N) is 4. The first-order valence-electron chi connectivity index (χ1n) is 7.63. The van der Waals surface area contributed by atoms with Gasteiger partial charge in [-0.05, 0) is 31.2 Å². The topological polar surface area (TPSA) is 91.0 Å². The van der Waals surface area contributed by atoms with E-state index in [9.17, 15) is 9.59 Å². The Morgan fingerprint density at radius 1 is 1.24 bits per heavy atom. The molecule has 2 heterocycles. The van der Waals surface area contributed by atoms with E-state index in [0.717, 1.165) is 4.68 Å². The van der Waals surface area contributed by atoms with E-state index < -0.39 is 6.04 Å². The first-order chi connectivity index (χ1) is 12.1. The van der Waals surface area contributed by atoms with Crippen molar-refractivity contribution >= 4 is 11.6 Å². The van der Waals surface area contributed by atoms with Crippen molar-refractivity contribution in [3.8, 4) is 11.6 Å². The zero-order valence-electron chi connectivity index (χ0n) is 13.8. The van der Waals surface area contributed by atoms with Gasteiger partial charge in [-0.25, -0.2) is 9.36 Å². The number of carbonyl (C=O) groups excluding carboxylic acids is 1. The van der Waals surface area contributed by atoms with E-state index in [1.807, 2.05) is 0 Å². The molecule has 0 aliphatic carbocycles. The standard InChI is InChI=1S/C17H17N5O3/c1-12(17(24)19-13-5-3-6-14(11-13)25-2)22-16(23)8-7-15(20-22)21-10-4-9-18-21/h3-12H,1-2H3,(H,19,24). The molecule has 8 nitrogen and oxygen atoms in total. The van der Waals surface area contributed by atoms with Crippen LogP contribution in [0.25, 0.3) is 5.82 Å². The van der Waals surface area contributed by atoms with Crippen molar-refractivity contribution < 1.29 is 9.53 Å².